The fraction of sp³-hybridized carbons (Fsp3) is 0.375. The predicted molar refractivity (Wildman–Crippen MR) is 97.5 cm³/mol. The van der Waals surface area contributed by atoms with E-state index in [1.807, 2.05) is 10.3 Å². The molecule has 128 valence electrons. The van der Waals surface area contributed by atoms with Gasteiger partial charge in [-0.2, -0.15) is 0 Å². The normalized spacial score (nSPS) is 16.1. The molecule has 2 heterocycles. The van der Waals surface area contributed by atoms with Crippen molar-refractivity contribution in [1.82, 2.24) is 9.88 Å². The Balaban J connectivity index is 1.56. The van der Waals surface area contributed by atoms with Crippen LogP contribution in [0, 0.1) is 0 Å². The summed E-state index contributed by atoms with van der Waals surface area (Å²) in [5, 5.41) is 3.89. The molecule has 1 fully saturated rings. The highest BCUT2D eigenvalue weighted by molar-refractivity contribution is 7.13. The van der Waals surface area contributed by atoms with E-state index in [0.29, 0.717) is 28.9 Å². The SMILES string of the molecule is C[C@@H](Oc1ccc(Cl)cc1Cl)C(=O)N1CCN(c2nccs2)CC1. The molecule has 0 spiro atoms. The summed E-state index contributed by atoms with van der Waals surface area (Å²) in [6.45, 7) is 4.59. The molecular weight excluding hydrogens is 369 g/mol. The minimum absolute atomic E-state index is 0.0418. The van der Waals surface area contributed by atoms with E-state index in [9.17, 15) is 4.79 Å². The first-order valence-corrected chi connectivity index (χ1v) is 9.23. The maximum absolute atomic E-state index is 12.6. The number of amides is 1. The van der Waals surface area contributed by atoms with E-state index < -0.39 is 6.10 Å². The van der Waals surface area contributed by atoms with Gasteiger partial charge in [0.25, 0.3) is 5.91 Å². The minimum Gasteiger partial charge on any atom is -0.479 e. The number of piperazine rings is 1. The van der Waals surface area contributed by atoms with E-state index in [1.165, 1.54) is 0 Å². The quantitative estimate of drug-likeness (QED) is 0.806. The average molecular weight is 386 g/mol. The zero-order valence-electron chi connectivity index (χ0n) is 13.1. The van der Waals surface area contributed by atoms with E-state index in [-0.39, 0.29) is 5.91 Å². The van der Waals surface area contributed by atoms with Crippen LogP contribution in [0.5, 0.6) is 5.75 Å². The number of carbonyl (C=O) groups is 1. The summed E-state index contributed by atoms with van der Waals surface area (Å²) >= 11 is 13.6. The lowest BCUT2D eigenvalue weighted by atomic mass is 10.2. The highest BCUT2D eigenvalue weighted by Gasteiger charge is 2.27. The Morgan fingerprint density at radius 1 is 1.29 bits per heavy atom. The molecular formula is C16H17Cl2N3O2S. The van der Waals surface area contributed by atoms with E-state index in [2.05, 4.69) is 9.88 Å². The first-order valence-electron chi connectivity index (χ1n) is 7.59. The molecule has 1 aliphatic heterocycles. The number of halogens is 2. The van der Waals surface area contributed by atoms with Crippen LogP contribution in [0.3, 0.4) is 0 Å². The van der Waals surface area contributed by atoms with Crippen molar-refractivity contribution in [1.29, 1.82) is 0 Å². The van der Waals surface area contributed by atoms with Crippen LogP contribution >= 0.6 is 34.5 Å². The summed E-state index contributed by atoms with van der Waals surface area (Å²) in [5.74, 6) is 0.420. The topological polar surface area (TPSA) is 45.7 Å². The maximum Gasteiger partial charge on any atom is 0.263 e. The summed E-state index contributed by atoms with van der Waals surface area (Å²) in [6.07, 6.45) is 1.19. The number of hydrogen-bond donors (Lipinski definition) is 0. The molecule has 2 aromatic rings. The van der Waals surface area contributed by atoms with E-state index in [0.717, 1.165) is 18.2 Å². The molecule has 0 unspecified atom stereocenters. The van der Waals surface area contributed by atoms with Crippen LogP contribution in [0.15, 0.2) is 29.8 Å². The molecule has 5 nitrogen and oxygen atoms in total. The Labute approximate surface area is 154 Å². The number of anilines is 1. The van der Waals surface area contributed by atoms with Crippen molar-refractivity contribution >= 4 is 45.6 Å². The fourth-order valence-corrected chi connectivity index (χ4v) is 3.71. The van der Waals surface area contributed by atoms with Gasteiger partial charge in [0.05, 0.1) is 5.02 Å². The molecule has 0 N–H and O–H groups in total. The van der Waals surface area contributed by atoms with Gasteiger partial charge < -0.3 is 14.5 Å². The van der Waals surface area contributed by atoms with Crippen LogP contribution in [0.2, 0.25) is 10.0 Å². The van der Waals surface area contributed by atoms with Crippen molar-refractivity contribution in [2.24, 2.45) is 0 Å². The summed E-state index contributed by atoms with van der Waals surface area (Å²) in [7, 11) is 0. The lowest BCUT2D eigenvalue weighted by Crippen LogP contribution is -2.52. The van der Waals surface area contributed by atoms with Gasteiger partial charge in [-0.15, -0.1) is 11.3 Å². The number of aromatic nitrogens is 1. The van der Waals surface area contributed by atoms with Gasteiger partial charge in [-0.05, 0) is 25.1 Å². The predicted octanol–water partition coefficient (Wildman–Crippen LogP) is 3.57. The van der Waals surface area contributed by atoms with Gasteiger partial charge in [0, 0.05) is 42.8 Å². The van der Waals surface area contributed by atoms with E-state index in [4.69, 9.17) is 27.9 Å². The summed E-state index contributed by atoms with van der Waals surface area (Å²) in [5.41, 5.74) is 0. The minimum atomic E-state index is -0.602. The fourth-order valence-electron chi connectivity index (χ4n) is 2.56. The smallest absolute Gasteiger partial charge is 0.263 e. The number of nitrogens with zero attached hydrogens (tertiary/aromatic N) is 3. The largest absolute Gasteiger partial charge is 0.479 e. The van der Waals surface area contributed by atoms with Crippen LogP contribution in [0.4, 0.5) is 5.13 Å². The Hall–Kier alpha value is -1.50. The maximum atomic E-state index is 12.6. The number of benzene rings is 1. The van der Waals surface area contributed by atoms with Crippen LogP contribution < -0.4 is 9.64 Å². The molecule has 8 heteroatoms. The molecule has 0 bridgehead atoms. The van der Waals surface area contributed by atoms with Crippen molar-refractivity contribution in [3.8, 4) is 5.75 Å². The van der Waals surface area contributed by atoms with E-state index >= 15 is 0 Å². The van der Waals surface area contributed by atoms with Crippen LogP contribution in [-0.4, -0.2) is 48.1 Å². The third-order valence-electron chi connectivity index (χ3n) is 3.83. The van der Waals surface area contributed by atoms with Crippen molar-refractivity contribution < 1.29 is 9.53 Å². The average Bonchev–Trinajstić information content (AvgIpc) is 3.11. The molecule has 1 saturated heterocycles. The second kappa shape index (κ2) is 7.59. The zero-order chi connectivity index (χ0) is 17.1. The Morgan fingerprint density at radius 3 is 2.67 bits per heavy atom. The Bertz CT molecular complexity index is 703. The number of carbonyl (C=O) groups excluding carboxylic acids is 1. The highest BCUT2D eigenvalue weighted by atomic mass is 35.5. The zero-order valence-corrected chi connectivity index (χ0v) is 15.4. The first kappa shape index (κ1) is 17.3. The first-order chi connectivity index (χ1) is 11.5. The van der Waals surface area contributed by atoms with Crippen molar-refractivity contribution in [2.45, 2.75) is 13.0 Å². The molecule has 0 aliphatic carbocycles. The van der Waals surface area contributed by atoms with E-state index in [1.54, 1.807) is 42.7 Å². The third-order valence-corrected chi connectivity index (χ3v) is 5.19. The van der Waals surface area contributed by atoms with Crippen LogP contribution in [-0.2, 0) is 4.79 Å². The lowest BCUT2D eigenvalue weighted by molar-refractivity contribution is -0.138. The van der Waals surface area contributed by atoms with Crippen molar-refractivity contribution in [3.05, 3.63) is 39.8 Å². The molecule has 1 amide bonds. The van der Waals surface area contributed by atoms with Gasteiger partial charge in [-0.3, -0.25) is 4.79 Å². The number of ether oxygens (including phenoxy) is 1. The molecule has 0 saturated carbocycles. The number of rotatable bonds is 4. The second-order valence-electron chi connectivity index (χ2n) is 5.46. The third kappa shape index (κ3) is 3.94. The van der Waals surface area contributed by atoms with Gasteiger partial charge in [-0.1, -0.05) is 23.2 Å². The summed E-state index contributed by atoms with van der Waals surface area (Å²) in [4.78, 5) is 20.9. The highest BCUT2D eigenvalue weighted by Crippen LogP contribution is 2.28. The van der Waals surface area contributed by atoms with Gasteiger partial charge in [0.2, 0.25) is 0 Å². The molecule has 1 aromatic heterocycles. The molecule has 0 radical (unpaired) electrons. The molecule has 1 atom stereocenters. The molecule has 24 heavy (non-hydrogen) atoms. The van der Waals surface area contributed by atoms with Gasteiger partial charge in [0.15, 0.2) is 11.2 Å². The molecule has 1 aliphatic rings. The molecule has 1 aromatic carbocycles. The summed E-state index contributed by atoms with van der Waals surface area (Å²) < 4.78 is 5.71. The van der Waals surface area contributed by atoms with Gasteiger partial charge in [0.1, 0.15) is 5.75 Å². The van der Waals surface area contributed by atoms with Crippen molar-refractivity contribution in [2.75, 3.05) is 31.1 Å². The lowest BCUT2D eigenvalue weighted by Gasteiger charge is -2.35. The second-order valence-corrected chi connectivity index (χ2v) is 7.18. The van der Waals surface area contributed by atoms with Crippen molar-refractivity contribution in [3.63, 3.8) is 0 Å². The van der Waals surface area contributed by atoms with Crippen LogP contribution in [0.25, 0.3) is 0 Å². The number of hydrogen-bond acceptors (Lipinski definition) is 5. The Kier molecular flexibility index (Phi) is 5.48. The monoisotopic (exact) mass is 385 g/mol. The summed E-state index contributed by atoms with van der Waals surface area (Å²) in [6, 6.07) is 4.96. The Morgan fingerprint density at radius 2 is 2.04 bits per heavy atom. The standard InChI is InChI=1S/C16H17Cl2N3O2S/c1-11(23-14-3-2-12(17)10-13(14)18)15(22)20-5-7-21(8-6-20)16-19-4-9-24-16/h2-4,9-11H,5-8H2,1H3/t11-/m1/s1. The number of thiazole rings is 1. The van der Waals surface area contributed by atoms with Gasteiger partial charge in [-0.25, -0.2) is 4.98 Å². The van der Waals surface area contributed by atoms with Crippen LogP contribution in [0.1, 0.15) is 6.92 Å². The van der Waals surface area contributed by atoms with Gasteiger partial charge >= 0.3 is 0 Å². The molecule has 3 rings (SSSR count).